The standard InChI is InChI=1S/C17H17Cl2N7O2/c18-12-5-13(28-4-1-20)15-11(10-6-23-24-7-10)8-26(17(15)16(12)19)14(21)9-25(22)2-3-27/h5-9,27H,2-4,21-22H2,(H,23,24)/b14-9+. The Bertz CT molecular complexity index is 1050. The van der Waals surface area contributed by atoms with Gasteiger partial charge in [0.05, 0.1) is 46.5 Å². The fourth-order valence-corrected chi connectivity index (χ4v) is 3.22. The van der Waals surface area contributed by atoms with E-state index in [-0.39, 0.29) is 35.6 Å². The molecule has 0 unspecified atom stereocenters. The number of nitrogens with one attached hydrogen (secondary N) is 1. The van der Waals surface area contributed by atoms with Crippen LogP contribution in [-0.2, 0) is 0 Å². The third-order valence-electron chi connectivity index (χ3n) is 3.96. The van der Waals surface area contributed by atoms with E-state index >= 15 is 0 Å². The highest BCUT2D eigenvalue weighted by atomic mass is 35.5. The number of halogens is 2. The van der Waals surface area contributed by atoms with Crippen LogP contribution >= 0.6 is 23.2 Å². The van der Waals surface area contributed by atoms with Crippen LogP contribution in [-0.4, -0.2) is 44.6 Å². The first-order valence-electron chi connectivity index (χ1n) is 8.09. The molecule has 0 radical (unpaired) electrons. The maximum atomic E-state index is 9.03. The Kier molecular flexibility index (Phi) is 5.96. The number of nitriles is 1. The average Bonchev–Trinajstić information content (AvgIpc) is 3.31. The molecule has 2 heterocycles. The fourth-order valence-electron chi connectivity index (χ4n) is 2.79. The molecule has 0 aliphatic carbocycles. The van der Waals surface area contributed by atoms with Crippen molar-refractivity contribution >= 4 is 39.9 Å². The van der Waals surface area contributed by atoms with E-state index in [4.69, 9.17) is 49.9 Å². The summed E-state index contributed by atoms with van der Waals surface area (Å²) in [5.41, 5.74) is 8.20. The number of rotatable bonds is 7. The minimum Gasteiger partial charge on any atom is -0.478 e. The monoisotopic (exact) mass is 421 g/mol. The van der Waals surface area contributed by atoms with E-state index in [0.29, 0.717) is 16.7 Å². The minimum atomic E-state index is -0.165. The summed E-state index contributed by atoms with van der Waals surface area (Å²) in [7, 11) is 0. The molecule has 11 heteroatoms. The predicted molar refractivity (Wildman–Crippen MR) is 107 cm³/mol. The number of benzene rings is 1. The van der Waals surface area contributed by atoms with Crippen LogP contribution in [0.15, 0.2) is 30.9 Å². The molecular formula is C17H17Cl2N7O2. The predicted octanol–water partition coefficient (Wildman–Crippen LogP) is 2.12. The number of ether oxygens (including phenoxy) is 1. The van der Waals surface area contributed by atoms with Crippen LogP contribution < -0.4 is 16.3 Å². The van der Waals surface area contributed by atoms with Gasteiger partial charge in [0.2, 0.25) is 0 Å². The van der Waals surface area contributed by atoms with Gasteiger partial charge in [-0.3, -0.25) is 9.67 Å². The highest BCUT2D eigenvalue weighted by Crippen LogP contribution is 2.44. The van der Waals surface area contributed by atoms with E-state index in [1.54, 1.807) is 29.2 Å². The summed E-state index contributed by atoms with van der Waals surface area (Å²) in [4.78, 5) is 0. The molecule has 2 aromatic heterocycles. The number of aromatic amines is 1. The molecule has 0 atom stereocenters. The quantitative estimate of drug-likeness (QED) is 0.337. The van der Waals surface area contributed by atoms with Gasteiger partial charge in [-0.1, -0.05) is 23.2 Å². The number of H-pyrrole nitrogens is 1. The van der Waals surface area contributed by atoms with Crippen LogP contribution in [0.2, 0.25) is 10.0 Å². The second kappa shape index (κ2) is 8.41. The molecule has 0 spiro atoms. The number of fused-ring (bicyclic) bond motifs is 1. The van der Waals surface area contributed by atoms with Crippen LogP contribution in [0.25, 0.3) is 27.9 Å². The zero-order valence-corrected chi connectivity index (χ0v) is 16.1. The zero-order chi connectivity index (χ0) is 20.3. The molecule has 0 saturated heterocycles. The topological polar surface area (TPSA) is 142 Å². The minimum absolute atomic E-state index is 0.133. The molecule has 0 aliphatic rings. The van der Waals surface area contributed by atoms with E-state index < -0.39 is 0 Å². The molecule has 6 N–H and O–H groups in total. The molecule has 0 amide bonds. The van der Waals surface area contributed by atoms with Crippen molar-refractivity contribution in [1.29, 1.82) is 5.26 Å². The van der Waals surface area contributed by atoms with Gasteiger partial charge < -0.3 is 20.6 Å². The van der Waals surface area contributed by atoms with E-state index in [9.17, 15) is 0 Å². The molecule has 0 saturated carbocycles. The van der Waals surface area contributed by atoms with Crippen molar-refractivity contribution in [2.45, 2.75) is 0 Å². The third-order valence-corrected chi connectivity index (χ3v) is 4.74. The van der Waals surface area contributed by atoms with E-state index in [2.05, 4.69) is 10.2 Å². The molecule has 0 fully saturated rings. The molecule has 0 bridgehead atoms. The van der Waals surface area contributed by atoms with Crippen LogP contribution in [0, 0.1) is 11.3 Å². The lowest BCUT2D eigenvalue weighted by atomic mass is 10.1. The Labute approximate surface area is 170 Å². The van der Waals surface area contributed by atoms with Crippen molar-refractivity contribution in [1.82, 2.24) is 19.8 Å². The summed E-state index contributed by atoms with van der Waals surface area (Å²) in [6, 6.07) is 3.49. The van der Waals surface area contributed by atoms with Crippen LogP contribution in [0.3, 0.4) is 0 Å². The van der Waals surface area contributed by atoms with Gasteiger partial charge in [0.1, 0.15) is 17.6 Å². The largest absolute Gasteiger partial charge is 0.478 e. The normalized spacial score (nSPS) is 11.6. The molecule has 9 nitrogen and oxygen atoms in total. The van der Waals surface area contributed by atoms with Crippen LogP contribution in [0.1, 0.15) is 0 Å². The summed E-state index contributed by atoms with van der Waals surface area (Å²) in [5, 5.41) is 27.0. The number of hydrogen-bond donors (Lipinski definition) is 4. The Morgan fingerprint density at radius 1 is 1.50 bits per heavy atom. The van der Waals surface area contributed by atoms with Gasteiger partial charge in [0.25, 0.3) is 0 Å². The van der Waals surface area contributed by atoms with Gasteiger partial charge in [0, 0.05) is 29.6 Å². The first-order valence-corrected chi connectivity index (χ1v) is 8.85. The molecular weight excluding hydrogens is 405 g/mol. The number of hydrogen-bond acceptors (Lipinski definition) is 7. The van der Waals surface area contributed by atoms with Gasteiger partial charge in [-0.2, -0.15) is 10.4 Å². The van der Waals surface area contributed by atoms with Crippen LogP contribution in [0.4, 0.5) is 0 Å². The zero-order valence-electron chi connectivity index (χ0n) is 14.6. The summed E-state index contributed by atoms with van der Waals surface area (Å²) in [6.45, 7) is -0.104. The maximum absolute atomic E-state index is 9.03. The Hall–Kier alpha value is -2.90. The summed E-state index contributed by atoms with van der Waals surface area (Å²) >= 11 is 12.8. The first kappa shape index (κ1) is 19.9. The Morgan fingerprint density at radius 2 is 2.29 bits per heavy atom. The van der Waals surface area contributed by atoms with Crippen molar-refractivity contribution in [3.05, 3.63) is 40.9 Å². The van der Waals surface area contributed by atoms with Gasteiger partial charge in [0.15, 0.2) is 6.61 Å². The van der Waals surface area contributed by atoms with Gasteiger partial charge >= 0.3 is 0 Å². The fraction of sp³-hybridized carbons (Fsp3) is 0.176. The third kappa shape index (κ3) is 3.72. The molecule has 28 heavy (non-hydrogen) atoms. The molecule has 146 valence electrons. The maximum Gasteiger partial charge on any atom is 0.174 e. The molecule has 3 aromatic rings. The molecule has 3 rings (SSSR count). The number of hydrazine groups is 1. The summed E-state index contributed by atoms with van der Waals surface area (Å²) < 4.78 is 7.19. The lowest BCUT2D eigenvalue weighted by molar-refractivity contribution is 0.239. The van der Waals surface area contributed by atoms with E-state index in [1.165, 1.54) is 11.2 Å². The number of aliphatic hydroxyl groups excluding tert-OH is 1. The van der Waals surface area contributed by atoms with Gasteiger partial charge in [-0.05, 0) is 0 Å². The number of nitrogens with zero attached hydrogens (tertiary/aromatic N) is 4. The highest BCUT2D eigenvalue weighted by molar-refractivity contribution is 6.45. The van der Waals surface area contributed by atoms with E-state index in [1.807, 2.05) is 6.07 Å². The second-order valence-electron chi connectivity index (χ2n) is 5.76. The Morgan fingerprint density at radius 3 is 2.93 bits per heavy atom. The van der Waals surface area contributed by atoms with Crippen molar-refractivity contribution in [3.8, 4) is 22.9 Å². The first-order chi connectivity index (χ1) is 13.5. The number of aliphatic hydroxyl groups is 1. The van der Waals surface area contributed by atoms with Crippen LogP contribution in [0.5, 0.6) is 5.75 Å². The second-order valence-corrected chi connectivity index (χ2v) is 6.54. The molecule has 1 aromatic carbocycles. The average molecular weight is 422 g/mol. The lowest BCUT2D eigenvalue weighted by Gasteiger charge is -2.15. The van der Waals surface area contributed by atoms with Crippen molar-refractivity contribution in [2.24, 2.45) is 11.6 Å². The number of nitrogens with two attached hydrogens (primary N) is 2. The van der Waals surface area contributed by atoms with Gasteiger partial charge in [-0.25, -0.2) is 5.84 Å². The van der Waals surface area contributed by atoms with Crippen molar-refractivity contribution < 1.29 is 9.84 Å². The summed E-state index contributed by atoms with van der Waals surface area (Å²) in [5.74, 6) is 6.43. The number of aromatic nitrogens is 3. The Balaban J connectivity index is 2.31. The molecule has 0 aliphatic heterocycles. The highest BCUT2D eigenvalue weighted by Gasteiger charge is 2.22. The van der Waals surface area contributed by atoms with Crippen molar-refractivity contribution in [3.63, 3.8) is 0 Å². The van der Waals surface area contributed by atoms with Gasteiger partial charge in [-0.15, -0.1) is 0 Å². The summed E-state index contributed by atoms with van der Waals surface area (Å²) in [6.07, 6.45) is 6.55. The SMILES string of the molecule is N#CCOc1cc(Cl)c(Cl)c2c1c(-c1cn[nH]c1)cn2/C(N)=C/N(N)CCO. The van der Waals surface area contributed by atoms with Crippen molar-refractivity contribution in [2.75, 3.05) is 19.8 Å². The lowest BCUT2D eigenvalue weighted by Crippen LogP contribution is -2.29. The van der Waals surface area contributed by atoms with E-state index in [0.717, 1.165) is 11.1 Å². The smallest absolute Gasteiger partial charge is 0.174 e.